The van der Waals surface area contributed by atoms with Crippen LogP contribution in [-0.2, 0) is 4.74 Å². The number of esters is 1. The topological polar surface area (TPSA) is 87.2 Å². The van der Waals surface area contributed by atoms with Gasteiger partial charge in [0.05, 0.1) is 6.61 Å². The number of aromatic nitrogens is 2. The Kier molecular flexibility index (Phi) is 5.10. The molecule has 0 unspecified atom stereocenters. The number of anilines is 1. The molecule has 1 heterocycles. The van der Waals surface area contributed by atoms with Crippen LogP contribution in [0.1, 0.15) is 27.6 Å². The minimum Gasteiger partial charge on any atom is -0.462 e. The van der Waals surface area contributed by atoms with Crippen LogP contribution in [0.5, 0.6) is 0 Å². The lowest BCUT2D eigenvalue weighted by molar-refractivity contribution is 0.0523. The van der Waals surface area contributed by atoms with Crippen molar-refractivity contribution in [3.8, 4) is 0 Å². The van der Waals surface area contributed by atoms with E-state index in [4.69, 9.17) is 22.1 Å². The van der Waals surface area contributed by atoms with Crippen molar-refractivity contribution in [1.29, 1.82) is 0 Å². The van der Waals surface area contributed by atoms with E-state index in [1.54, 1.807) is 37.4 Å². The Labute approximate surface area is 136 Å². The number of carbonyl (C=O) groups excluding carboxylic acids is 2. The van der Waals surface area contributed by atoms with E-state index < -0.39 is 11.9 Å². The van der Waals surface area contributed by atoms with Crippen molar-refractivity contribution in [3.05, 3.63) is 40.4 Å². The van der Waals surface area contributed by atoms with Gasteiger partial charge in [-0.15, -0.1) is 16.9 Å². The van der Waals surface area contributed by atoms with Crippen LogP contribution in [0.3, 0.4) is 0 Å². The number of nitrogen functional groups attached to an aromatic ring is 1. The molecule has 2 N–H and O–H groups in total. The molecule has 1 aromatic heterocycles. The number of thioether (sulfide) groups is 1. The van der Waals surface area contributed by atoms with E-state index in [9.17, 15) is 9.59 Å². The lowest BCUT2D eigenvalue weighted by Crippen LogP contribution is -2.15. The van der Waals surface area contributed by atoms with E-state index in [1.165, 1.54) is 11.8 Å². The van der Waals surface area contributed by atoms with Gasteiger partial charge in [0.25, 0.3) is 5.91 Å². The first kappa shape index (κ1) is 16.4. The number of ether oxygens (including phenoxy) is 1. The second-order valence-electron chi connectivity index (χ2n) is 4.21. The second-order valence-corrected chi connectivity index (χ2v) is 5.45. The molecule has 1 aromatic carbocycles. The van der Waals surface area contributed by atoms with Gasteiger partial charge in [-0.25, -0.2) is 4.79 Å². The summed E-state index contributed by atoms with van der Waals surface area (Å²) in [5, 5.41) is 4.84. The van der Waals surface area contributed by atoms with Gasteiger partial charge >= 0.3 is 5.97 Å². The van der Waals surface area contributed by atoms with Crippen molar-refractivity contribution in [2.24, 2.45) is 0 Å². The lowest BCUT2D eigenvalue weighted by atomic mass is 10.2. The van der Waals surface area contributed by atoms with Crippen molar-refractivity contribution in [2.75, 3.05) is 18.6 Å². The molecule has 2 aromatic rings. The summed E-state index contributed by atoms with van der Waals surface area (Å²) >= 11 is 7.00. The summed E-state index contributed by atoms with van der Waals surface area (Å²) in [6, 6.07) is 6.37. The van der Waals surface area contributed by atoms with Gasteiger partial charge in [0.15, 0.2) is 5.82 Å². The Morgan fingerprint density at radius 3 is 2.55 bits per heavy atom. The van der Waals surface area contributed by atoms with E-state index in [2.05, 4.69) is 5.10 Å². The maximum absolute atomic E-state index is 12.5. The number of halogens is 1. The lowest BCUT2D eigenvalue weighted by Gasteiger charge is -2.06. The fourth-order valence-corrected chi connectivity index (χ4v) is 2.67. The Bertz CT molecular complexity index is 713. The predicted octanol–water partition coefficient (Wildman–Crippen LogP) is 2.71. The molecular formula is C14H14ClN3O3S. The molecule has 0 aliphatic heterocycles. The van der Waals surface area contributed by atoms with E-state index in [1.807, 2.05) is 0 Å². The third kappa shape index (κ3) is 3.10. The van der Waals surface area contributed by atoms with Crippen LogP contribution < -0.4 is 5.73 Å². The summed E-state index contributed by atoms with van der Waals surface area (Å²) in [7, 11) is 0. The van der Waals surface area contributed by atoms with Crippen LogP contribution in [0.15, 0.2) is 29.3 Å². The highest BCUT2D eigenvalue weighted by Crippen LogP contribution is 2.27. The zero-order valence-electron chi connectivity index (χ0n) is 12.0. The fraction of sp³-hybridized carbons (Fsp3) is 0.214. The van der Waals surface area contributed by atoms with E-state index in [0.29, 0.717) is 15.6 Å². The molecule has 2 rings (SSSR count). The van der Waals surface area contributed by atoms with Gasteiger partial charge < -0.3 is 10.5 Å². The molecule has 22 heavy (non-hydrogen) atoms. The highest BCUT2D eigenvalue weighted by molar-refractivity contribution is 7.98. The van der Waals surface area contributed by atoms with E-state index in [0.717, 1.165) is 4.68 Å². The molecule has 0 fully saturated rings. The smallest absolute Gasteiger partial charge is 0.344 e. The van der Waals surface area contributed by atoms with Crippen molar-refractivity contribution >= 4 is 41.1 Å². The van der Waals surface area contributed by atoms with Crippen LogP contribution in [0.2, 0.25) is 5.02 Å². The summed E-state index contributed by atoms with van der Waals surface area (Å²) in [5.74, 6) is -1.03. The largest absolute Gasteiger partial charge is 0.462 e. The van der Waals surface area contributed by atoms with E-state index >= 15 is 0 Å². The number of carbonyl (C=O) groups is 2. The molecule has 0 atom stereocenters. The Morgan fingerprint density at radius 2 is 2.00 bits per heavy atom. The number of hydrogen-bond acceptors (Lipinski definition) is 6. The zero-order chi connectivity index (χ0) is 16.3. The molecule has 0 bridgehead atoms. The number of nitrogens with zero attached hydrogens (tertiary/aromatic N) is 2. The number of nitrogens with two attached hydrogens (primary N) is 1. The molecule has 8 heteroatoms. The van der Waals surface area contributed by atoms with Crippen LogP contribution in [0, 0.1) is 0 Å². The first-order chi connectivity index (χ1) is 10.5. The maximum Gasteiger partial charge on any atom is 0.344 e. The third-order valence-electron chi connectivity index (χ3n) is 2.83. The molecular weight excluding hydrogens is 326 g/mol. The van der Waals surface area contributed by atoms with Crippen molar-refractivity contribution < 1.29 is 14.3 Å². The van der Waals surface area contributed by atoms with Crippen LogP contribution in [0.4, 0.5) is 5.82 Å². The number of benzene rings is 1. The maximum atomic E-state index is 12.5. The highest BCUT2D eigenvalue weighted by atomic mass is 35.5. The second kappa shape index (κ2) is 6.85. The fourth-order valence-electron chi connectivity index (χ4n) is 1.85. The van der Waals surface area contributed by atoms with Gasteiger partial charge in [0.2, 0.25) is 0 Å². The van der Waals surface area contributed by atoms with Crippen LogP contribution in [-0.4, -0.2) is 34.5 Å². The summed E-state index contributed by atoms with van der Waals surface area (Å²) < 4.78 is 6.06. The van der Waals surface area contributed by atoms with Crippen molar-refractivity contribution in [2.45, 2.75) is 11.9 Å². The molecule has 6 nitrogen and oxygen atoms in total. The minimum absolute atomic E-state index is 0.0369. The van der Waals surface area contributed by atoms with Gasteiger partial charge in [0.1, 0.15) is 10.6 Å². The molecule has 116 valence electrons. The summed E-state index contributed by atoms with van der Waals surface area (Å²) in [6.45, 7) is 1.90. The van der Waals surface area contributed by atoms with Crippen molar-refractivity contribution in [3.63, 3.8) is 0 Å². The highest BCUT2D eigenvalue weighted by Gasteiger charge is 2.26. The van der Waals surface area contributed by atoms with Gasteiger partial charge in [-0.1, -0.05) is 11.6 Å². The van der Waals surface area contributed by atoms with Crippen LogP contribution in [0.25, 0.3) is 0 Å². The number of hydrogen-bond donors (Lipinski definition) is 1. The average molecular weight is 340 g/mol. The SMILES string of the molecule is CCOC(=O)c1c(N)nn(C(=O)c2ccc(Cl)cc2)c1SC. The Hall–Kier alpha value is -1.99. The molecule has 0 amide bonds. The molecule has 0 saturated carbocycles. The third-order valence-corrected chi connectivity index (χ3v) is 3.84. The van der Waals surface area contributed by atoms with Gasteiger partial charge in [-0.2, -0.15) is 4.68 Å². The normalized spacial score (nSPS) is 10.5. The average Bonchev–Trinajstić information content (AvgIpc) is 2.84. The predicted molar refractivity (Wildman–Crippen MR) is 85.6 cm³/mol. The Balaban J connectivity index is 2.47. The molecule has 0 saturated heterocycles. The standard InChI is InChI=1S/C14H14ClN3O3S/c1-3-21-14(20)10-11(16)17-18(13(10)22-2)12(19)8-4-6-9(15)7-5-8/h4-7H,3H2,1-2H3,(H2,16,17). The zero-order valence-corrected chi connectivity index (χ0v) is 13.6. The summed E-state index contributed by atoms with van der Waals surface area (Å²) in [4.78, 5) is 24.5. The quantitative estimate of drug-likeness (QED) is 0.680. The minimum atomic E-state index is -0.598. The van der Waals surface area contributed by atoms with E-state index in [-0.39, 0.29) is 18.0 Å². The van der Waals surface area contributed by atoms with Crippen LogP contribution >= 0.6 is 23.4 Å². The van der Waals surface area contributed by atoms with Gasteiger partial charge in [-0.3, -0.25) is 4.79 Å². The molecule has 0 aliphatic rings. The Morgan fingerprint density at radius 1 is 1.36 bits per heavy atom. The summed E-state index contributed by atoms with van der Waals surface area (Å²) in [6.07, 6.45) is 1.73. The molecule has 0 radical (unpaired) electrons. The van der Waals surface area contributed by atoms with Gasteiger partial charge in [-0.05, 0) is 37.4 Å². The molecule has 0 aliphatic carbocycles. The van der Waals surface area contributed by atoms with Crippen molar-refractivity contribution in [1.82, 2.24) is 9.78 Å². The summed E-state index contributed by atoms with van der Waals surface area (Å²) in [5.41, 5.74) is 6.26. The first-order valence-electron chi connectivity index (χ1n) is 6.39. The first-order valence-corrected chi connectivity index (χ1v) is 7.99. The monoisotopic (exact) mass is 339 g/mol. The number of rotatable bonds is 4. The van der Waals surface area contributed by atoms with Gasteiger partial charge in [0, 0.05) is 10.6 Å². The molecule has 0 spiro atoms.